The van der Waals surface area contributed by atoms with Gasteiger partial charge in [0.2, 0.25) is 0 Å². The van der Waals surface area contributed by atoms with Gasteiger partial charge in [0.05, 0.1) is 31.0 Å². The van der Waals surface area contributed by atoms with Crippen LogP contribution in [-0.4, -0.2) is 23.1 Å². The Hall–Kier alpha value is -1.20. The minimum absolute atomic E-state index is 0.0627. The summed E-state index contributed by atoms with van der Waals surface area (Å²) in [5, 5.41) is 3.31. The van der Waals surface area contributed by atoms with Crippen molar-refractivity contribution in [3.63, 3.8) is 0 Å². The predicted octanol–water partition coefficient (Wildman–Crippen LogP) is 0.978. The van der Waals surface area contributed by atoms with E-state index in [0.29, 0.717) is 31.1 Å². The lowest BCUT2D eigenvalue weighted by Gasteiger charge is -2.19. The molecule has 0 fully saturated rings. The molecular formula is C13H21N3O2. The van der Waals surface area contributed by atoms with Gasteiger partial charge >= 0.3 is 0 Å². The Morgan fingerprint density at radius 2 is 2.22 bits per heavy atom. The minimum Gasteiger partial charge on any atom is -0.376 e. The van der Waals surface area contributed by atoms with E-state index < -0.39 is 0 Å². The van der Waals surface area contributed by atoms with E-state index in [4.69, 9.17) is 4.74 Å². The molecule has 2 N–H and O–H groups in total. The lowest BCUT2D eigenvalue weighted by atomic mass is 9.97. The van der Waals surface area contributed by atoms with Crippen LogP contribution in [0.4, 0.5) is 0 Å². The molecule has 0 bridgehead atoms. The summed E-state index contributed by atoms with van der Waals surface area (Å²) in [7, 11) is 0. The fourth-order valence-electron chi connectivity index (χ4n) is 1.93. The molecule has 0 radical (unpaired) electrons. The van der Waals surface area contributed by atoms with Crippen molar-refractivity contribution in [3.05, 3.63) is 27.4 Å². The Labute approximate surface area is 107 Å². The molecule has 2 heterocycles. The first-order chi connectivity index (χ1) is 8.46. The Kier molecular flexibility index (Phi) is 3.82. The van der Waals surface area contributed by atoms with Gasteiger partial charge in [-0.15, -0.1) is 0 Å². The van der Waals surface area contributed by atoms with Gasteiger partial charge in [0.15, 0.2) is 0 Å². The molecule has 18 heavy (non-hydrogen) atoms. The Balaban J connectivity index is 2.06. The van der Waals surface area contributed by atoms with Gasteiger partial charge in [0, 0.05) is 13.0 Å². The average molecular weight is 251 g/mol. The fourth-order valence-corrected chi connectivity index (χ4v) is 1.93. The lowest BCUT2D eigenvalue weighted by Crippen LogP contribution is -2.30. The van der Waals surface area contributed by atoms with E-state index in [-0.39, 0.29) is 11.0 Å². The number of hydrogen-bond acceptors (Lipinski definition) is 4. The van der Waals surface area contributed by atoms with Crippen molar-refractivity contribution in [3.8, 4) is 0 Å². The van der Waals surface area contributed by atoms with Gasteiger partial charge in [0.25, 0.3) is 5.56 Å². The van der Waals surface area contributed by atoms with Crippen molar-refractivity contribution in [1.82, 2.24) is 15.3 Å². The lowest BCUT2D eigenvalue weighted by molar-refractivity contribution is 0.107. The van der Waals surface area contributed by atoms with Crippen molar-refractivity contribution in [1.29, 1.82) is 0 Å². The molecule has 1 aromatic rings. The third-order valence-electron chi connectivity index (χ3n) is 2.83. The molecule has 5 heteroatoms. The zero-order valence-corrected chi connectivity index (χ0v) is 11.3. The van der Waals surface area contributed by atoms with E-state index >= 15 is 0 Å². The summed E-state index contributed by atoms with van der Waals surface area (Å²) in [4.78, 5) is 19.1. The Bertz CT molecular complexity index is 474. The van der Waals surface area contributed by atoms with Crippen molar-refractivity contribution >= 4 is 0 Å². The molecule has 1 aromatic heterocycles. The van der Waals surface area contributed by atoms with Gasteiger partial charge in [0.1, 0.15) is 5.82 Å². The van der Waals surface area contributed by atoms with Crippen LogP contribution in [0.25, 0.3) is 0 Å². The largest absolute Gasteiger partial charge is 0.376 e. The van der Waals surface area contributed by atoms with Gasteiger partial charge in [-0.1, -0.05) is 20.8 Å². The van der Waals surface area contributed by atoms with Crippen LogP contribution in [0, 0.1) is 5.41 Å². The molecule has 0 atom stereocenters. The van der Waals surface area contributed by atoms with Crippen LogP contribution in [0.2, 0.25) is 0 Å². The number of fused-ring (bicyclic) bond motifs is 1. The van der Waals surface area contributed by atoms with Crippen LogP contribution < -0.4 is 10.9 Å². The number of nitrogens with one attached hydrogen (secondary N) is 2. The van der Waals surface area contributed by atoms with E-state index in [1.165, 1.54) is 0 Å². The zero-order chi connectivity index (χ0) is 13.2. The SMILES string of the molecule is CC(C)(C)CNCc1nc2c(c(=O)[nH]1)COCC2. The number of aromatic nitrogens is 2. The number of ether oxygens (including phenoxy) is 1. The van der Waals surface area contributed by atoms with Crippen molar-refractivity contribution in [2.24, 2.45) is 5.41 Å². The van der Waals surface area contributed by atoms with E-state index in [0.717, 1.165) is 18.7 Å². The van der Waals surface area contributed by atoms with Gasteiger partial charge in [-0.2, -0.15) is 0 Å². The highest BCUT2D eigenvalue weighted by atomic mass is 16.5. The summed E-state index contributed by atoms with van der Waals surface area (Å²) in [6.45, 7) is 9.02. The second kappa shape index (κ2) is 5.20. The monoisotopic (exact) mass is 251 g/mol. The average Bonchev–Trinajstić information content (AvgIpc) is 2.27. The van der Waals surface area contributed by atoms with E-state index in [2.05, 4.69) is 36.1 Å². The number of rotatable bonds is 3. The van der Waals surface area contributed by atoms with Crippen molar-refractivity contribution < 1.29 is 4.74 Å². The van der Waals surface area contributed by atoms with E-state index in [1.54, 1.807) is 0 Å². The molecule has 0 saturated heterocycles. The highest BCUT2D eigenvalue weighted by Gasteiger charge is 2.16. The highest BCUT2D eigenvalue weighted by molar-refractivity contribution is 5.19. The molecule has 0 aromatic carbocycles. The van der Waals surface area contributed by atoms with Crippen LogP contribution in [0.15, 0.2) is 4.79 Å². The van der Waals surface area contributed by atoms with Crippen LogP contribution in [0.3, 0.4) is 0 Å². The normalized spacial score (nSPS) is 15.5. The van der Waals surface area contributed by atoms with Gasteiger partial charge in [-0.3, -0.25) is 4.79 Å². The van der Waals surface area contributed by atoms with Crippen LogP contribution in [0.1, 0.15) is 37.9 Å². The van der Waals surface area contributed by atoms with E-state index in [1.807, 2.05) is 0 Å². The molecule has 100 valence electrons. The summed E-state index contributed by atoms with van der Waals surface area (Å²) in [5.74, 6) is 0.713. The number of hydrogen-bond donors (Lipinski definition) is 2. The Morgan fingerprint density at radius 1 is 1.44 bits per heavy atom. The molecule has 0 unspecified atom stereocenters. The smallest absolute Gasteiger partial charge is 0.256 e. The first kappa shape index (κ1) is 13.2. The molecule has 0 spiro atoms. The second-order valence-electron chi connectivity index (χ2n) is 5.90. The highest BCUT2D eigenvalue weighted by Crippen LogP contribution is 2.11. The maximum atomic E-state index is 11.8. The molecule has 2 rings (SSSR count). The summed E-state index contributed by atoms with van der Waals surface area (Å²) in [5.41, 5.74) is 1.73. The quantitative estimate of drug-likeness (QED) is 0.840. The van der Waals surface area contributed by atoms with Crippen molar-refractivity contribution in [2.75, 3.05) is 13.2 Å². The molecular weight excluding hydrogens is 230 g/mol. The fraction of sp³-hybridized carbons (Fsp3) is 0.692. The summed E-state index contributed by atoms with van der Waals surface area (Å²) in [6, 6.07) is 0. The molecule has 0 saturated carbocycles. The Morgan fingerprint density at radius 3 is 2.94 bits per heavy atom. The molecule has 1 aliphatic heterocycles. The van der Waals surface area contributed by atoms with Crippen molar-refractivity contribution in [2.45, 2.75) is 40.3 Å². The van der Waals surface area contributed by atoms with Crippen LogP contribution >= 0.6 is 0 Å². The first-order valence-electron chi connectivity index (χ1n) is 6.35. The third kappa shape index (κ3) is 3.40. The molecule has 1 aliphatic rings. The van der Waals surface area contributed by atoms with Gasteiger partial charge < -0.3 is 15.0 Å². The molecule has 0 aliphatic carbocycles. The minimum atomic E-state index is -0.0627. The zero-order valence-electron chi connectivity index (χ0n) is 11.3. The summed E-state index contributed by atoms with van der Waals surface area (Å²) < 4.78 is 5.27. The number of nitrogens with zero attached hydrogens (tertiary/aromatic N) is 1. The standard InChI is InChI=1S/C13H21N3O2/c1-13(2,3)8-14-6-11-15-10-4-5-18-7-9(10)12(17)16-11/h14H,4-8H2,1-3H3,(H,15,16,17). The molecule has 0 amide bonds. The number of H-pyrrole nitrogens is 1. The maximum absolute atomic E-state index is 11.8. The predicted molar refractivity (Wildman–Crippen MR) is 69.4 cm³/mol. The maximum Gasteiger partial charge on any atom is 0.256 e. The number of aromatic amines is 1. The third-order valence-corrected chi connectivity index (χ3v) is 2.83. The van der Waals surface area contributed by atoms with Crippen LogP contribution in [0.5, 0.6) is 0 Å². The first-order valence-corrected chi connectivity index (χ1v) is 6.35. The van der Waals surface area contributed by atoms with Gasteiger partial charge in [-0.05, 0) is 5.41 Å². The molecule has 5 nitrogen and oxygen atoms in total. The summed E-state index contributed by atoms with van der Waals surface area (Å²) in [6.07, 6.45) is 0.728. The topological polar surface area (TPSA) is 67.0 Å². The summed E-state index contributed by atoms with van der Waals surface area (Å²) >= 11 is 0. The van der Waals surface area contributed by atoms with E-state index in [9.17, 15) is 4.79 Å². The second-order valence-corrected chi connectivity index (χ2v) is 5.90. The van der Waals surface area contributed by atoms with Gasteiger partial charge in [-0.25, -0.2) is 4.98 Å². The van der Waals surface area contributed by atoms with Crippen LogP contribution in [-0.2, 0) is 24.3 Å².